The van der Waals surface area contributed by atoms with Crippen LogP contribution in [0.15, 0.2) is 200 Å². The molecule has 8 aromatic rings. The highest BCUT2D eigenvalue weighted by Gasteiger charge is 2.51. The van der Waals surface area contributed by atoms with Crippen molar-refractivity contribution in [3.63, 3.8) is 0 Å². The number of aromatic nitrogens is 2. The third kappa shape index (κ3) is 5.05. The summed E-state index contributed by atoms with van der Waals surface area (Å²) < 4.78 is 6.68. The fraction of sp³-hybridized carbons (Fsp3) is 0.0566. The van der Waals surface area contributed by atoms with Crippen molar-refractivity contribution in [1.29, 1.82) is 0 Å². The molecular weight excluding hydrogens is 681 g/mol. The maximum atomic E-state index is 6.68. The average Bonchev–Trinajstić information content (AvgIpc) is 3.57. The second-order valence-corrected chi connectivity index (χ2v) is 14.8. The first kappa shape index (κ1) is 32.3. The minimum atomic E-state index is -0.500. The molecule has 0 amide bonds. The van der Waals surface area contributed by atoms with E-state index in [0.717, 1.165) is 68.5 Å². The first-order chi connectivity index (χ1) is 27.8. The lowest BCUT2D eigenvalue weighted by atomic mass is 9.66. The normalized spacial score (nSPS) is 15.4. The monoisotopic (exact) mass is 716 g/mol. The fourth-order valence-electron chi connectivity index (χ4n) is 9.13. The molecule has 3 nitrogen and oxygen atoms in total. The minimum Gasteiger partial charge on any atom is -0.457 e. The predicted molar refractivity (Wildman–Crippen MR) is 227 cm³/mol. The molecule has 0 bridgehead atoms. The van der Waals surface area contributed by atoms with E-state index < -0.39 is 5.41 Å². The summed E-state index contributed by atoms with van der Waals surface area (Å²) in [6, 6.07) is 63.0. The van der Waals surface area contributed by atoms with Crippen molar-refractivity contribution in [3.05, 3.63) is 228 Å². The van der Waals surface area contributed by atoms with Gasteiger partial charge in [0.2, 0.25) is 0 Å². The molecule has 0 saturated carbocycles. The number of nitrogens with zero attached hydrogens (tertiary/aromatic N) is 2. The Labute approximate surface area is 327 Å². The highest BCUT2D eigenvalue weighted by Crippen LogP contribution is 2.62. The van der Waals surface area contributed by atoms with Crippen LogP contribution in [0.25, 0.3) is 55.9 Å². The van der Waals surface area contributed by atoms with Crippen LogP contribution in [0.2, 0.25) is 0 Å². The van der Waals surface area contributed by atoms with Gasteiger partial charge in [-0.25, -0.2) is 9.97 Å². The molecule has 1 spiro atoms. The molecule has 0 radical (unpaired) electrons. The van der Waals surface area contributed by atoms with Gasteiger partial charge >= 0.3 is 0 Å². The Kier molecular flexibility index (Phi) is 7.53. The number of benzene rings is 7. The summed E-state index contributed by atoms with van der Waals surface area (Å²) in [5.74, 6) is 2.74. The van der Waals surface area contributed by atoms with E-state index >= 15 is 0 Å². The quantitative estimate of drug-likeness (QED) is 0.178. The molecule has 11 rings (SSSR count). The Hall–Kier alpha value is -7.10. The van der Waals surface area contributed by atoms with E-state index in [1.165, 1.54) is 33.4 Å². The van der Waals surface area contributed by atoms with Crippen molar-refractivity contribution in [2.45, 2.75) is 17.8 Å². The number of hydrogen-bond acceptors (Lipinski definition) is 3. The molecular formula is C53H36N2O. The van der Waals surface area contributed by atoms with Crippen LogP contribution in [0.1, 0.15) is 40.4 Å². The van der Waals surface area contributed by atoms with Crippen LogP contribution in [0, 0.1) is 0 Å². The van der Waals surface area contributed by atoms with Crippen LogP contribution in [0.4, 0.5) is 0 Å². The van der Waals surface area contributed by atoms with E-state index in [-0.39, 0.29) is 5.92 Å². The van der Waals surface area contributed by atoms with Gasteiger partial charge in [0.25, 0.3) is 0 Å². The topological polar surface area (TPSA) is 35.0 Å². The summed E-state index contributed by atoms with van der Waals surface area (Å²) in [6.45, 7) is 0. The molecule has 7 aromatic carbocycles. The lowest BCUT2D eigenvalue weighted by molar-refractivity contribution is 0.436. The molecule has 264 valence electrons. The Morgan fingerprint density at radius 3 is 1.75 bits per heavy atom. The lowest BCUT2D eigenvalue weighted by Crippen LogP contribution is -2.32. The summed E-state index contributed by atoms with van der Waals surface area (Å²) in [6.07, 6.45) is 9.49. The van der Waals surface area contributed by atoms with Gasteiger partial charge in [0, 0.05) is 28.2 Å². The Morgan fingerprint density at radius 1 is 0.429 bits per heavy atom. The smallest absolute Gasteiger partial charge is 0.136 e. The van der Waals surface area contributed by atoms with Crippen molar-refractivity contribution < 1.29 is 4.74 Å². The van der Waals surface area contributed by atoms with Crippen LogP contribution >= 0.6 is 0 Å². The van der Waals surface area contributed by atoms with Gasteiger partial charge in [-0.15, -0.1) is 0 Å². The summed E-state index contributed by atoms with van der Waals surface area (Å²) in [5.41, 5.74) is 15.5. The fourth-order valence-corrected chi connectivity index (χ4v) is 9.13. The summed E-state index contributed by atoms with van der Waals surface area (Å²) >= 11 is 0. The molecule has 0 N–H and O–H groups in total. The zero-order valence-corrected chi connectivity index (χ0v) is 30.6. The number of allylic oxidation sites excluding steroid dienone is 4. The van der Waals surface area contributed by atoms with Crippen molar-refractivity contribution >= 4 is 0 Å². The summed E-state index contributed by atoms with van der Waals surface area (Å²) in [5, 5.41) is 0. The molecule has 0 fully saturated rings. The maximum Gasteiger partial charge on any atom is 0.136 e. The van der Waals surface area contributed by atoms with E-state index in [9.17, 15) is 0 Å². The van der Waals surface area contributed by atoms with E-state index in [1.807, 2.05) is 0 Å². The standard InChI is InChI=1S/C53H36N2O/c1-3-15-36(16-4-1)40-19-7-8-22-43(40)49-34-48(54-52(55-49)38-17-5-2-6-18-38)37-29-27-35(28-30-37)39-31-32-51-47(33-39)53(46-25-13-14-26-50(46)56-51)44-23-11-9-20-41(44)42-21-10-12-24-45(42)53/h1-17,19-34,38H,18H2. The van der Waals surface area contributed by atoms with E-state index in [2.05, 4.69) is 200 Å². The largest absolute Gasteiger partial charge is 0.457 e. The second-order valence-electron chi connectivity index (χ2n) is 14.8. The van der Waals surface area contributed by atoms with Crippen LogP contribution in [-0.2, 0) is 5.41 Å². The molecule has 56 heavy (non-hydrogen) atoms. The van der Waals surface area contributed by atoms with E-state index in [1.54, 1.807) is 0 Å². The predicted octanol–water partition coefficient (Wildman–Crippen LogP) is 13.2. The zero-order chi connectivity index (χ0) is 37.1. The van der Waals surface area contributed by atoms with Gasteiger partial charge in [-0.1, -0.05) is 176 Å². The van der Waals surface area contributed by atoms with E-state index in [4.69, 9.17) is 14.7 Å². The first-order valence-corrected chi connectivity index (χ1v) is 19.3. The highest BCUT2D eigenvalue weighted by atomic mass is 16.5. The van der Waals surface area contributed by atoms with Crippen LogP contribution < -0.4 is 4.74 Å². The average molecular weight is 717 g/mol. The second kappa shape index (κ2) is 13.0. The molecule has 2 heterocycles. The van der Waals surface area contributed by atoms with Crippen LogP contribution in [-0.4, -0.2) is 9.97 Å². The first-order valence-electron chi connectivity index (χ1n) is 19.3. The maximum absolute atomic E-state index is 6.68. The molecule has 1 aromatic heterocycles. The number of hydrogen-bond donors (Lipinski definition) is 0. The summed E-state index contributed by atoms with van der Waals surface area (Å²) in [7, 11) is 0. The van der Waals surface area contributed by atoms with Gasteiger partial charge in [-0.2, -0.15) is 0 Å². The van der Waals surface area contributed by atoms with Crippen molar-refractivity contribution in [1.82, 2.24) is 9.97 Å². The van der Waals surface area contributed by atoms with Crippen molar-refractivity contribution in [2.24, 2.45) is 0 Å². The Bertz CT molecular complexity index is 2820. The van der Waals surface area contributed by atoms with Crippen LogP contribution in [0.5, 0.6) is 11.5 Å². The molecule has 1 atom stereocenters. The third-order valence-electron chi connectivity index (χ3n) is 11.7. The van der Waals surface area contributed by atoms with Gasteiger partial charge in [0.15, 0.2) is 0 Å². The summed E-state index contributed by atoms with van der Waals surface area (Å²) in [4.78, 5) is 10.4. The number of fused-ring (bicyclic) bond motifs is 9. The van der Waals surface area contributed by atoms with Gasteiger partial charge < -0.3 is 4.74 Å². The van der Waals surface area contributed by atoms with Crippen molar-refractivity contribution in [3.8, 4) is 67.4 Å². The lowest BCUT2D eigenvalue weighted by Gasteiger charge is -2.39. The third-order valence-corrected chi connectivity index (χ3v) is 11.7. The number of para-hydroxylation sites is 1. The molecule has 3 heteroatoms. The molecule has 0 saturated heterocycles. The van der Waals surface area contributed by atoms with Gasteiger partial charge in [0.1, 0.15) is 17.3 Å². The minimum absolute atomic E-state index is 0.114. The van der Waals surface area contributed by atoms with Crippen molar-refractivity contribution in [2.75, 3.05) is 0 Å². The Balaban J connectivity index is 1.03. The molecule has 2 aliphatic carbocycles. The van der Waals surface area contributed by atoms with Crippen LogP contribution in [0.3, 0.4) is 0 Å². The number of rotatable bonds is 5. The zero-order valence-electron chi connectivity index (χ0n) is 30.6. The van der Waals surface area contributed by atoms with E-state index in [0.29, 0.717) is 0 Å². The SMILES string of the molecule is C1=CCC(c2nc(-c3ccc(-c4ccc5c(c4)C4(c6ccccc6O5)c5ccccc5-c5ccccc54)cc3)cc(-c3ccccc3-c3ccccc3)n2)C=C1. The molecule has 1 unspecified atom stereocenters. The Morgan fingerprint density at radius 2 is 1.02 bits per heavy atom. The van der Waals surface area contributed by atoms with Gasteiger partial charge in [0.05, 0.1) is 16.8 Å². The van der Waals surface area contributed by atoms with Gasteiger partial charge in [-0.05, 0) is 75.2 Å². The molecule has 3 aliphatic rings. The molecule has 1 aliphatic heterocycles. The van der Waals surface area contributed by atoms with Gasteiger partial charge in [-0.3, -0.25) is 0 Å². The highest BCUT2D eigenvalue weighted by molar-refractivity contribution is 5.89. The number of ether oxygens (including phenoxy) is 1.